The maximum atomic E-state index is 13.1. The van der Waals surface area contributed by atoms with E-state index >= 15 is 0 Å². The molecule has 19 heavy (non-hydrogen) atoms. The van der Waals surface area contributed by atoms with Gasteiger partial charge in [0, 0.05) is 0 Å². The molecule has 0 unspecified atom stereocenters. The Morgan fingerprint density at radius 1 is 1.26 bits per heavy atom. The topological polar surface area (TPSA) is 68.3 Å². The molecule has 1 aliphatic rings. The first-order valence-corrected chi connectivity index (χ1v) is 8.81. The van der Waals surface area contributed by atoms with Gasteiger partial charge in [0.15, 0.2) is 9.84 Å². The van der Waals surface area contributed by atoms with Crippen LogP contribution in [0, 0.1) is 5.82 Å². The third-order valence-electron chi connectivity index (χ3n) is 2.98. The van der Waals surface area contributed by atoms with Crippen molar-refractivity contribution in [3.63, 3.8) is 0 Å². The van der Waals surface area contributed by atoms with Crippen molar-refractivity contribution in [2.24, 2.45) is 0 Å². The molecule has 1 aromatic rings. The van der Waals surface area contributed by atoms with E-state index in [0.29, 0.717) is 0 Å². The minimum atomic E-state index is -3.81. The number of sulfone groups is 2. The van der Waals surface area contributed by atoms with E-state index in [4.69, 9.17) is 0 Å². The van der Waals surface area contributed by atoms with Gasteiger partial charge in [-0.25, -0.2) is 21.2 Å². The first-order chi connectivity index (χ1) is 8.64. The van der Waals surface area contributed by atoms with E-state index in [1.165, 1.54) is 19.9 Å². The lowest BCUT2D eigenvalue weighted by Gasteiger charge is -2.08. The molecule has 0 N–H and O–H groups in total. The summed E-state index contributed by atoms with van der Waals surface area (Å²) in [5, 5.41) is -0.663. The average Bonchev–Trinajstić information content (AvgIpc) is 2.49. The fraction of sp³-hybridized carbons (Fsp3) is 0.333. The van der Waals surface area contributed by atoms with Crippen LogP contribution in [-0.4, -0.2) is 27.8 Å². The summed E-state index contributed by atoms with van der Waals surface area (Å²) in [5.41, 5.74) is 0.203. The van der Waals surface area contributed by atoms with Gasteiger partial charge >= 0.3 is 0 Å². The van der Waals surface area contributed by atoms with Gasteiger partial charge < -0.3 is 0 Å². The zero-order valence-electron chi connectivity index (χ0n) is 10.4. The summed E-state index contributed by atoms with van der Waals surface area (Å²) in [5.74, 6) is -1.11. The molecule has 0 saturated heterocycles. The van der Waals surface area contributed by atoms with Crippen LogP contribution in [0.15, 0.2) is 28.0 Å². The molecule has 0 bridgehead atoms. The van der Waals surface area contributed by atoms with Crippen molar-refractivity contribution < 1.29 is 21.2 Å². The number of benzene rings is 1. The first-order valence-electron chi connectivity index (χ1n) is 5.61. The van der Waals surface area contributed by atoms with Crippen molar-refractivity contribution in [2.45, 2.75) is 24.0 Å². The lowest BCUT2D eigenvalue weighted by Crippen LogP contribution is -2.21. The summed E-state index contributed by atoms with van der Waals surface area (Å²) in [4.78, 5) is -0.232. The highest BCUT2D eigenvalue weighted by atomic mass is 32.2. The predicted molar refractivity (Wildman–Crippen MR) is 70.5 cm³/mol. The molecule has 0 aliphatic carbocycles. The van der Waals surface area contributed by atoms with Crippen molar-refractivity contribution in [2.75, 3.05) is 5.75 Å². The predicted octanol–water partition coefficient (Wildman–Crippen LogP) is 1.78. The van der Waals surface area contributed by atoms with E-state index < -0.39 is 36.5 Å². The second-order valence-electron chi connectivity index (χ2n) is 4.65. The Balaban J connectivity index is 2.50. The summed E-state index contributed by atoms with van der Waals surface area (Å²) in [6, 6.07) is 3.29. The smallest absolute Gasteiger partial charge is 0.204 e. The largest absolute Gasteiger partial charge is 0.228 e. The highest BCUT2D eigenvalue weighted by Crippen LogP contribution is 2.34. The van der Waals surface area contributed by atoms with Crippen molar-refractivity contribution in [1.82, 2.24) is 0 Å². The van der Waals surface area contributed by atoms with Crippen molar-refractivity contribution in [3.8, 4) is 0 Å². The van der Waals surface area contributed by atoms with E-state index in [0.717, 1.165) is 18.2 Å². The van der Waals surface area contributed by atoms with Crippen molar-refractivity contribution in [1.29, 1.82) is 0 Å². The Kier molecular flexibility index (Phi) is 3.30. The van der Waals surface area contributed by atoms with Gasteiger partial charge in [0.2, 0.25) is 9.84 Å². The van der Waals surface area contributed by atoms with E-state index in [1.807, 2.05) is 0 Å². The van der Waals surface area contributed by atoms with Gasteiger partial charge in [-0.2, -0.15) is 0 Å². The molecule has 0 saturated carbocycles. The van der Waals surface area contributed by atoms with Crippen LogP contribution in [-0.2, 0) is 19.7 Å². The van der Waals surface area contributed by atoms with E-state index in [9.17, 15) is 21.2 Å². The monoisotopic (exact) mass is 304 g/mol. The summed E-state index contributed by atoms with van der Waals surface area (Å²) in [6.07, 6.45) is 1.23. The molecule has 7 heteroatoms. The van der Waals surface area contributed by atoms with E-state index in [-0.39, 0.29) is 15.4 Å². The van der Waals surface area contributed by atoms with Crippen LogP contribution in [0.1, 0.15) is 19.4 Å². The Morgan fingerprint density at radius 2 is 1.89 bits per heavy atom. The number of fused-ring (bicyclic) bond motifs is 1. The zero-order chi connectivity index (χ0) is 14.4. The van der Waals surface area contributed by atoms with Gasteiger partial charge in [0.1, 0.15) is 5.82 Å². The Labute approximate surface area is 111 Å². The van der Waals surface area contributed by atoms with Gasteiger partial charge in [-0.15, -0.1) is 0 Å². The minimum Gasteiger partial charge on any atom is -0.228 e. The maximum absolute atomic E-state index is 13.1. The van der Waals surface area contributed by atoms with Gasteiger partial charge in [-0.05, 0) is 43.7 Å². The van der Waals surface area contributed by atoms with Crippen molar-refractivity contribution >= 4 is 25.8 Å². The lowest BCUT2D eigenvalue weighted by molar-refractivity contribution is 0.586. The Bertz CT molecular complexity index is 759. The van der Waals surface area contributed by atoms with Gasteiger partial charge in [-0.1, -0.05) is 0 Å². The molecule has 1 aromatic carbocycles. The lowest BCUT2D eigenvalue weighted by atomic mass is 10.2. The third-order valence-corrected chi connectivity index (χ3v) is 7.22. The minimum absolute atomic E-state index is 0.0390. The van der Waals surface area contributed by atoms with Crippen LogP contribution >= 0.6 is 0 Å². The summed E-state index contributed by atoms with van der Waals surface area (Å²) in [7, 11) is -7.34. The van der Waals surface area contributed by atoms with Gasteiger partial charge in [0.25, 0.3) is 0 Å². The summed E-state index contributed by atoms with van der Waals surface area (Å²) >= 11 is 0. The molecule has 104 valence electrons. The molecule has 0 atom stereocenters. The average molecular weight is 304 g/mol. The Hall–Kier alpha value is -1.21. The number of halogens is 1. The molecule has 2 rings (SSSR count). The fourth-order valence-corrected chi connectivity index (χ4v) is 4.92. The second kappa shape index (κ2) is 4.42. The highest BCUT2D eigenvalue weighted by Gasteiger charge is 2.33. The molecule has 4 nitrogen and oxygen atoms in total. The van der Waals surface area contributed by atoms with Crippen LogP contribution in [0.4, 0.5) is 4.39 Å². The Morgan fingerprint density at radius 3 is 2.47 bits per heavy atom. The van der Waals surface area contributed by atoms with Crippen LogP contribution in [0.25, 0.3) is 6.08 Å². The molecule has 0 aromatic heterocycles. The van der Waals surface area contributed by atoms with E-state index in [2.05, 4.69) is 0 Å². The molecule has 0 amide bonds. The SMILES string of the molecule is CC(C)S(=O)(=O)CC1=Cc2cc(F)ccc2S1(=O)=O. The van der Waals surface area contributed by atoms with E-state index in [1.54, 1.807) is 0 Å². The first kappa shape index (κ1) is 14.2. The quantitative estimate of drug-likeness (QED) is 0.798. The molecule has 1 heterocycles. The molecule has 0 spiro atoms. The summed E-state index contributed by atoms with van der Waals surface area (Å²) < 4.78 is 61.0. The summed E-state index contributed by atoms with van der Waals surface area (Å²) in [6.45, 7) is 2.98. The third kappa shape index (κ3) is 2.44. The highest BCUT2D eigenvalue weighted by molar-refractivity contribution is 7.98. The molecular formula is C12H13FO4S2. The van der Waals surface area contributed by atoms with Crippen LogP contribution < -0.4 is 0 Å². The number of hydrogen-bond donors (Lipinski definition) is 0. The maximum Gasteiger partial charge on any atom is 0.204 e. The normalized spacial score (nSPS) is 17.4. The molecule has 0 radical (unpaired) electrons. The van der Waals surface area contributed by atoms with Crippen LogP contribution in [0.5, 0.6) is 0 Å². The standard InChI is InChI=1S/C12H13FO4S2/c1-8(2)18(14,15)7-11-6-9-5-10(13)3-4-12(9)19(11,16)17/h3-6,8H,7H2,1-2H3. The fourth-order valence-electron chi connectivity index (χ4n) is 1.75. The van der Waals surface area contributed by atoms with Gasteiger partial charge in [-0.3, -0.25) is 0 Å². The molecule has 0 fully saturated rings. The number of rotatable bonds is 3. The molecule has 1 aliphatic heterocycles. The van der Waals surface area contributed by atoms with Crippen LogP contribution in [0.3, 0.4) is 0 Å². The van der Waals surface area contributed by atoms with Crippen LogP contribution in [0.2, 0.25) is 0 Å². The zero-order valence-corrected chi connectivity index (χ0v) is 12.1. The second-order valence-corrected chi connectivity index (χ2v) is 9.18. The molecular weight excluding hydrogens is 291 g/mol. The van der Waals surface area contributed by atoms with Gasteiger partial charge in [0.05, 0.1) is 20.8 Å². The van der Waals surface area contributed by atoms with Crippen molar-refractivity contribution in [3.05, 3.63) is 34.5 Å². The number of hydrogen-bond acceptors (Lipinski definition) is 4.